The van der Waals surface area contributed by atoms with Gasteiger partial charge in [-0.1, -0.05) is 20.3 Å². The second kappa shape index (κ2) is 5.14. The topological polar surface area (TPSA) is 20.3 Å². The molecule has 0 radical (unpaired) electrons. The summed E-state index contributed by atoms with van der Waals surface area (Å²) in [4.78, 5) is 13.7. The molecule has 0 aromatic heterocycles. The molecule has 2 fully saturated rings. The van der Waals surface area contributed by atoms with Crippen molar-refractivity contribution in [3.63, 3.8) is 0 Å². The van der Waals surface area contributed by atoms with Crippen molar-refractivity contribution in [2.24, 2.45) is 11.8 Å². The molecule has 2 nitrogen and oxygen atoms in total. The number of amides is 1. The lowest BCUT2D eigenvalue weighted by Gasteiger charge is -2.43. The minimum Gasteiger partial charge on any atom is -0.339 e. The van der Waals surface area contributed by atoms with Crippen LogP contribution in [-0.4, -0.2) is 29.3 Å². The largest absolute Gasteiger partial charge is 0.339 e. The number of likely N-dealkylation sites (tertiary alicyclic amines) is 1. The van der Waals surface area contributed by atoms with Crippen LogP contribution in [0.15, 0.2) is 0 Å². The van der Waals surface area contributed by atoms with E-state index in [2.05, 4.69) is 6.92 Å². The van der Waals surface area contributed by atoms with E-state index in [0.29, 0.717) is 18.9 Å². The zero-order valence-electron chi connectivity index (χ0n) is 11.3. The van der Waals surface area contributed by atoms with E-state index >= 15 is 0 Å². The number of rotatable bonds is 2. The Kier molecular flexibility index (Phi) is 3.93. The minimum absolute atomic E-state index is 0.00240. The summed E-state index contributed by atoms with van der Waals surface area (Å²) < 4.78 is 27.5. The van der Waals surface area contributed by atoms with Gasteiger partial charge in [0.25, 0.3) is 0 Å². The van der Waals surface area contributed by atoms with Crippen LogP contribution in [0.4, 0.5) is 8.78 Å². The second-order valence-corrected chi connectivity index (χ2v) is 6.12. The van der Waals surface area contributed by atoms with E-state index in [4.69, 9.17) is 0 Å². The molecular formula is C14H23F2NO. The molecule has 1 saturated carbocycles. The van der Waals surface area contributed by atoms with E-state index in [-0.39, 0.29) is 30.7 Å². The third-order valence-electron chi connectivity index (χ3n) is 4.42. The molecule has 4 heteroatoms. The molecule has 1 aliphatic carbocycles. The zero-order chi connectivity index (χ0) is 13.3. The summed E-state index contributed by atoms with van der Waals surface area (Å²) in [5, 5.41) is 0. The lowest BCUT2D eigenvalue weighted by molar-refractivity contribution is -0.144. The minimum atomic E-state index is -2.59. The normalized spacial score (nSPS) is 36.8. The molecule has 0 aromatic carbocycles. The maximum Gasteiger partial charge on any atom is 0.250 e. The molecule has 2 aliphatic rings. The van der Waals surface area contributed by atoms with Crippen molar-refractivity contribution in [2.75, 3.05) is 6.54 Å². The summed E-state index contributed by atoms with van der Waals surface area (Å²) in [6.07, 6.45) is 2.82. The summed E-state index contributed by atoms with van der Waals surface area (Å²) in [7, 11) is 0. The third kappa shape index (κ3) is 3.01. The highest BCUT2D eigenvalue weighted by molar-refractivity contribution is 5.77. The van der Waals surface area contributed by atoms with Gasteiger partial charge in [0.1, 0.15) is 0 Å². The number of hydrogen-bond donors (Lipinski definition) is 0. The number of carbonyl (C=O) groups excluding carboxylic acids is 1. The number of hydrogen-bond acceptors (Lipinski definition) is 1. The van der Waals surface area contributed by atoms with E-state index in [1.807, 2.05) is 6.92 Å². The van der Waals surface area contributed by atoms with Crippen molar-refractivity contribution < 1.29 is 13.6 Å². The SMILES string of the molecule is CCC1CC(N2CC(C)CCC2=O)CC(F)(F)C1. The molecule has 0 N–H and O–H groups in total. The van der Waals surface area contributed by atoms with E-state index in [1.165, 1.54) is 0 Å². The van der Waals surface area contributed by atoms with Gasteiger partial charge in [-0.3, -0.25) is 4.79 Å². The Morgan fingerprint density at radius 3 is 2.78 bits per heavy atom. The fourth-order valence-corrected chi connectivity index (χ4v) is 3.35. The second-order valence-electron chi connectivity index (χ2n) is 6.12. The molecule has 0 spiro atoms. The van der Waals surface area contributed by atoms with Crippen molar-refractivity contribution in [3.8, 4) is 0 Å². The number of piperidine rings is 1. The number of halogens is 2. The van der Waals surface area contributed by atoms with Crippen LogP contribution in [0.5, 0.6) is 0 Å². The van der Waals surface area contributed by atoms with E-state index in [1.54, 1.807) is 4.90 Å². The number of alkyl halides is 2. The van der Waals surface area contributed by atoms with Gasteiger partial charge in [0.05, 0.1) is 0 Å². The summed E-state index contributed by atoms with van der Waals surface area (Å²) in [5.74, 6) is -2.02. The van der Waals surface area contributed by atoms with Crippen LogP contribution in [0.3, 0.4) is 0 Å². The third-order valence-corrected chi connectivity index (χ3v) is 4.42. The first-order valence-corrected chi connectivity index (χ1v) is 7.08. The maximum absolute atomic E-state index is 13.7. The molecule has 1 amide bonds. The molecule has 3 unspecified atom stereocenters. The van der Waals surface area contributed by atoms with Gasteiger partial charge in [-0.25, -0.2) is 8.78 Å². The van der Waals surface area contributed by atoms with E-state index < -0.39 is 5.92 Å². The molecular weight excluding hydrogens is 236 g/mol. The average molecular weight is 259 g/mol. The first-order valence-electron chi connectivity index (χ1n) is 7.08. The molecule has 1 heterocycles. The number of carbonyl (C=O) groups is 1. The van der Waals surface area contributed by atoms with Crippen LogP contribution >= 0.6 is 0 Å². The highest BCUT2D eigenvalue weighted by Crippen LogP contribution is 2.41. The molecule has 0 bridgehead atoms. The van der Waals surface area contributed by atoms with Crippen LogP contribution < -0.4 is 0 Å². The van der Waals surface area contributed by atoms with Gasteiger partial charge in [-0.15, -0.1) is 0 Å². The highest BCUT2D eigenvalue weighted by Gasteiger charge is 2.44. The lowest BCUT2D eigenvalue weighted by atomic mass is 9.80. The van der Waals surface area contributed by atoms with Gasteiger partial charge in [0.15, 0.2) is 0 Å². The molecule has 0 aromatic rings. The van der Waals surface area contributed by atoms with E-state index in [9.17, 15) is 13.6 Å². The average Bonchev–Trinajstić information content (AvgIpc) is 2.30. The monoisotopic (exact) mass is 259 g/mol. The van der Waals surface area contributed by atoms with Crippen LogP contribution in [0, 0.1) is 11.8 Å². The van der Waals surface area contributed by atoms with Crippen LogP contribution in [0.1, 0.15) is 52.4 Å². The Balaban J connectivity index is 2.08. The van der Waals surface area contributed by atoms with E-state index in [0.717, 1.165) is 19.3 Å². The fourth-order valence-electron chi connectivity index (χ4n) is 3.35. The fraction of sp³-hybridized carbons (Fsp3) is 0.929. The van der Waals surface area contributed by atoms with Crippen LogP contribution in [0.2, 0.25) is 0 Å². The van der Waals surface area contributed by atoms with Crippen molar-refractivity contribution in [3.05, 3.63) is 0 Å². The van der Waals surface area contributed by atoms with Crippen LogP contribution in [0.25, 0.3) is 0 Å². The molecule has 104 valence electrons. The zero-order valence-corrected chi connectivity index (χ0v) is 11.3. The van der Waals surface area contributed by atoms with Crippen molar-refractivity contribution >= 4 is 5.91 Å². The Morgan fingerprint density at radius 1 is 1.39 bits per heavy atom. The maximum atomic E-state index is 13.7. The Labute approximate surface area is 108 Å². The first kappa shape index (κ1) is 13.8. The van der Waals surface area contributed by atoms with Gasteiger partial charge < -0.3 is 4.90 Å². The molecule has 2 rings (SSSR count). The molecule has 3 atom stereocenters. The van der Waals surface area contributed by atoms with Crippen molar-refractivity contribution in [2.45, 2.75) is 64.3 Å². The highest BCUT2D eigenvalue weighted by atomic mass is 19.3. The summed E-state index contributed by atoms with van der Waals surface area (Å²) in [6, 6.07) is -0.242. The molecule has 1 aliphatic heterocycles. The first-order chi connectivity index (χ1) is 8.41. The smallest absolute Gasteiger partial charge is 0.250 e. The standard InChI is InChI=1S/C14H23F2NO/c1-3-11-6-12(8-14(15,16)7-11)17-9-10(2)4-5-13(17)18/h10-12H,3-9H2,1-2H3. The summed E-state index contributed by atoms with van der Waals surface area (Å²) >= 11 is 0. The van der Waals surface area contributed by atoms with Crippen LogP contribution in [-0.2, 0) is 4.79 Å². The van der Waals surface area contributed by atoms with Gasteiger partial charge in [0, 0.05) is 31.8 Å². The Morgan fingerprint density at radius 2 is 2.11 bits per heavy atom. The summed E-state index contributed by atoms with van der Waals surface area (Å²) in [5.41, 5.74) is 0. The van der Waals surface area contributed by atoms with Crippen molar-refractivity contribution in [1.82, 2.24) is 4.90 Å². The van der Waals surface area contributed by atoms with Gasteiger partial charge in [0.2, 0.25) is 11.8 Å². The predicted molar refractivity (Wildman–Crippen MR) is 66.5 cm³/mol. The number of nitrogens with zero attached hydrogens (tertiary/aromatic N) is 1. The van der Waals surface area contributed by atoms with Gasteiger partial charge in [-0.2, -0.15) is 0 Å². The Hall–Kier alpha value is -0.670. The Bertz CT molecular complexity index is 319. The van der Waals surface area contributed by atoms with Crippen molar-refractivity contribution in [1.29, 1.82) is 0 Å². The van der Waals surface area contributed by atoms with Gasteiger partial charge in [-0.05, 0) is 24.7 Å². The predicted octanol–water partition coefficient (Wildman–Crippen LogP) is 3.46. The van der Waals surface area contributed by atoms with Gasteiger partial charge >= 0.3 is 0 Å². The summed E-state index contributed by atoms with van der Waals surface area (Å²) in [6.45, 7) is 4.72. The lowest BCUT2D eigenvalue weighted by Crippen LogP contribution is -2.51. The quantitative estimate of drug-likeness (QED) is 0.743. The molecule has 18 heavy (non-hydrogen) atoms. The molecule has 1 saturated heterocycles.